The zero-order valence-corrected chi connectivity index (χ0v) is 16.1. The number of carbonyl (C=O) groups is 3. The molecule has 0 radical (unpaired) electrons. The number of hydrogen-bond acceptors (Lipinski definition) is 8. The van der Waals surface area contributed by atoms with Crippen molar-refractivity contribution < 1.29 is 33.9 Å². The highest BCUT2D eigenvalue weighted by Gasteiger charge is 2.34. The molecule has 0 saturated carbocycles. The molecule has 1 heterocycles. The highest BCUT2D eigenvalue weighted by molar-refractivity contribution is 9.10. The number of aromatic carboxylic acids is 1. The average Bonchev–Trinajstić information content (AvgIpc) is 2.88. The molecule has 0 amide bonds. The van der Waals surface area contributed by atoms with E-state index in [1.165, 1.54) is 24.4 Å². The summed E-state index contributed by atoms with van der Waals surface area (Å²) in [6.45, 7) is 0. The normalized spacial score (nSPS) is 13.2. The van der Waals surface area contributed by atoms with Gasteiger partial charge in [-0.1, -0.05) is 22.0 Å². The molecule has 0 spiro atoms. The standard InChI is InChI=1S/C17H13BrN2O8/c1-27-16(23)10-5-3-4-6-19(14(10)17(24)28-2)13-11(15(21)22)7-9(18)8-12(13)20(25)26/h3-8H,1-2H3,(H,21,22). The van der Waals surface area contributed by atoms with Crippen LogP contribution in [0.1, 0.15) is 10.4 Å². The Bertz CT molecular complexity index is 929. The predicted molar refractivity (Wildman–Crippen MR) is 99.6 cm³/mol. The Kier molecular flexibility index (Phi) is 6.31. The number of anilines is 1. The third-order valence-corrected chi connectivity index (χ3v) is 4.07. The molecule has 11 heteroatoms. The van der Waals surface area contributed by atoms with Gasteiger partial charge in [-0.3, -0.25) is 10.1 Å². The lowest BCUT2D eigenvalue weighted by Gasteiger charge is -2.24. The summed E-state index contributed by atoms with van der Waals surface area (Å²) in [6, 6.07) is 2.23. The summed E-state index contributed by atoms with van der Waals surface area (Å²) in [5, 5.41) is 21.2. The van der Waals surface area contributed by atoms with E-state index in [4.69, 9.17) is 4.74 Å². The number of ether oxygens (including phenoxy) is 2. The number of halogens is 1. The van der Waals surface area contributed by atoms with E-state index in [2.05, 4.69) is 20.7 Å². The molecule has 2 rings (SSSR count). The fraction of sp³-hybridized carbons (Fsp3) is 0.118. The Morgan fingerprint density at radius 1 is 1.14 bits per heavy atom. The molecular weight excluding hydrogens is 440 g/mol. The second-order valence-corrected chi connectivity index (χ2v) is 6.12. The van der Waals surface area contributed by atoms with Gasteiger partial charge in [0, 0.05) is 16.7 Å². The maximum absolute atomic E-state index is 12.4. The van der Waals surface area contributed by atoms with Gasteiger partial charge in [-0.25, -0.2) is 14.4 Å². The van der Waals surface area contributed by atoms with Crippen molar-refractivity contribution in [3.63, 3.8) is 0 Å². The first-order valence-electron chi connectivity index (χ1n) is 7.49. The highest BCUT2D eigenvalue weighted by Crippen LogP contribution is 2.39. The molecule has 1 aliphatic rings. The first-order chi connectivity index (χ1) is 13.2. The highest BCUT2D eigenvalue weighted by atomic mass is 79.9. The van der Waals surface area contributed by atoms with Crippen LogP contribution in [0.25, 0.3) is 0 Å². The number of esters is 2. The molecule has 0 aromatic heterocycles. The minimum absolute atomic E-state index is 0.147. The third kappa shape index (κ3) is 3.93. The lowest BCUT2D eigenvalue weighted by molar-refractivity contribution is -0.384. The van der Waals surface area contributed by atoms with Crippen LogP contribution in [0, 0.1) is 10.1 Å². The van der Waals surface area contributed by atoms with Gasteiger partial charge in [0.2, 0.25) is 0 Å². The number of allylic oxidation sites excluding steroid dienone is 2. The zero-order valence-electron chi connectivity index (χ0n) is 14.5. The van der Waals surface area contributed by atoms with Crippen molar-refractivity contribution in [3.8, 4) is 0 Å². The van der Waals surface area contributed by atoms with E-state index in [9.17, 15) is 29.6 Å². The molecule has 0 unspecified atom stereocenters. The van der Waals surface area contributed by atoms with Crippen molar-refractivity contribution in [3.05, 3.63) is 68.0 Å². The van der Waals surface area contributed by atoms with Crippen molar-refractivity contribution in [2.24, 2.45) is 0 Å². The lowest BCUT2D eigenvalue weighted by Crippen LogP contribution is -2.28. The second-order valence-electron chi connectivity index (χ2n) is 5.20. The zero-order chi connectivity index (χ0) is 21.0. The number of nitrogens with zero attached hydrogens (tertiary/aromatic N) is 2. The lowest BCUT2D eigenvalue weighted by atomic mass is 10.1. The summed E-state index contributed by atoms with van der Waals surface area (Å²) in [5.74, 6) is -3.42. The fourth-order valence-corrected chi connectivity index (χ4v) is 2.92. The molecule has 1 aromatic rings. The van der Waals surface area contributed by atoms with Gasteiger partial charge in [-0.05, 0) is 18.2 Å². The molecular formula is C17H13BrN2O8. The number of benzene rings is 1. The van der Waals surface area contributed by atoms with Crippen molar-refractivity contribution >= 4 is 45.2 Å². The number of carbonyl (C=O) groups excluding carboxylic acids is 2. The summed E-state index contributed by atoms with van der Waals surface area (Å²) in [5.41, 5.74) is -2.22. The predicted octanol–water partition coefficient (Wildman–Crippen LogP) is 2.55. The van der Waals surface area contributed by atoms with Crippen LogP contribution < -0.4 is 4.90 Å². The maximum Gasteiger partial charge on any atom is 0.355 e. The fourth-order valence-electron chi connectivity index (χ4n) is 2.48. The SMILES string of the molecule is COC(=O)C1=C(C(=O)OC)N(c2c(C(=O)O)cc(Br)cc2[N+](=O)[O-])C=CC=C1. The van der Waals surface area contributed by atoms with Gasteiger partial charge >= 0.3 is 17.9 Å². The van der Waals surface area contributed by atoms with Crippen molar-refractivity contribution in [2.75, 3.05) is 19.1 Å². The third-order valence-electron chi connectivity index (χ3n) is 3.61. The summed E-state index contributed by atoms with van der Waals surface area (Å²) in [7, 11) is 2.14. The minimum atomic E-state index is -1.48. The molecule has 146 valence electrons. The first kappa shape index (κ1) is 20.8. The number of rotatable bonds is 5. The van der Waals surface area contributed by atoms with Gasteiger partial charge in [-0.2, -0.15) is 0 Å². The first-order valence-corrected chi connectivity index (χ1v) is 8.28. The number of nitro groups is 1. The van der Waals surface area contributed by atoms with Crippen molar-refractivity contribution in [1.82, 2.24) is 0 Å². The van der Waals surface area contributed by atoms with Crippen LogP contribution >= 0.6 is 15.9 Å². The Morgan fingerprint density at radius 3 is 2.32 bits per heavy atom. The van der Waals surface area contributed by atoms with Crippen LogP contribution in [0.4, 0.5) is 11.4 Å². The summed E-state index contributed by atoms with van der Waals surface area (Å²) in [6.07, 6.45) is 5.22. The van der Waals surface area contributed by atoms with E-state index in [-0.39, 0.29) is 10.0 Å². The second kappa shape index (κ2) is 8.48. The van der Waals surface area contributed by atoms with Crippen molar-refractivity contribution in [2.45, 2.75) is 0 Å². The largest absolute Gasteiger partial charge is 0.478 e. The molecule has 0 aliphatic carbocycles. The topological polar surface area (TPSA) is 136 Å². The molecule has 28 heavy (non-hydrogen) atoms. The number of nitro benzene ring substituents is 1. The van der Waals surface area contributed by atoms with Gasteiger partial charge in [-0.15, -0.1) is 0 Å². The molecule has 0 atom stereocenters. The number of carboxylic acids is 1. The van der Waals surface area contributed by atoms with Crippen LogP contribution in [0.15, 0.2) is 52.3 Å². The molecule has 0 bridgehead atoms. The van der Waals surface area contributed by atoms with Crippen molar-refractivity contribution in [1.29, 1.82) is 0 Å². The maximum atomic E-state index is 12.4. The summed E-state index contributed by atoms with van der Waals surface area (Å²) >= 11 is 3.03. The van der Waals surface area contributed by atoms with Crippen LogP contribution in [0.3, 0.4) is 0 Å². The Morgan fingerprint density at radius 2 is 1.79 bits per heavy atom. The molecule has 1 aromatic carbocycles. The number of methoxy groups -OCH3 is 2. The monoisotopic (exact) mass is 452 g/mol. The van der Waals surface area contributed by atoms with E-state index < -0.39 is 45.5 Å². The van der Waals surface area contributed by atoms with Gasteiger partial charge in [0.05, 0.1) is 30.3 Å². The number of carboxylic acid groups (broad SMARTS) is 1. The Hall–Kier alpha value is -3.47. The van der Waals surface area contributed by atoms with Crippen LogP contribution in [-0.4, -0.2) is 42.2 Å². The Balaban J connectivity index is 2.95. The molecule has 10 nitrogen and oxygen atoms in total. The van der Waals surface area contributed by atoms with E-state index in [0.29, 0.717) is 0 Å². The van der Waals surface area contributed by atoms with Crippen LogP contribution in [-0.2, 0) is 19.1 Å². The quantitative estimate of drug-likeness (QED) is 0.405. The molecule has 0 saturated heterocycles. The summed E-state index contributed by atoms with van der Waals surface area (Å²) in [4.78, 5) is 48.1. The molecule has 0 fully saturated rings. The van der Waals surface area contributed by atoms with E-state index >= 15 is 0 Å². The van der Waals surface area contributed by atoms with Gasteiger partial charge in [0.25, 0.3) is 5.69 Å². The molecule has 1 N–H and O–H groups in total. The van der Waals surface area contributed by atoms with Crippen LogP contribution in [0.5, 0.6) is 0 Å². The van der Waals surface area contributed by atoms with Gasteiger partial charge < -0.3 is 19.5 Å². The Labute approximate surface area is 166 Å². The number of hydrogen-bond donors (Lipinski definition) is 1. The van der Waals surface area contributed by atoms with Crippen LogP contribution in [0.2, 0.25) is 0 Å². The smallest absolute Gasteiger partial charge is 0.355 e. The molecule has 1 aliphatic heterocycles. The minimum Gasteiger partial charge on any atom is -0.478 e. The van der Waals surface area contributed by atoms with Gasteiger partial charge in [0.15, 0.2) is 0 Å². The van der Waals surface area contributed by atoms with E-state index in [1.54, 1.807) is 0 Å². The average molecular weight is 453 g/mol. The van der Waals surface area contributed by atoms with E-state index in [1.807, 2.05) is 0 Å². The summed E-state index contributed by atoms with van der Waals surface area (Å²) < 4.78 is 9.51. The van der Waals surface area contributed by atoms with Gasteiger partial charge in [0.1, 0.15) is 11.4 Å². The van der Waals surface area contributed by atoms with E-state index in [0.717, 1.165) is 31.3 Å².